The number of rotatable bonds is 7. The molecule has 6 nitrogen and oxygen atoms in total. The lowest BCUT2D eigenvalue weighted by Gasteiger charge is -2.35. The van der Waals surface area contributed by atoms with Crippen molar-refractivity contribution in [3.8, 4) is 0 Å². The van der Waals surface area contributed by atoms with Gasteiger partial charge in [0.15, 0.2) is 19.1 Å². The van der Waals surface area contributed by atoms with Crippen LogP contribution in [0.25, 0.3) is 0 Å². The van der Waals surface area contributed by atoms with Crippen molar-refractivity contribution in [3.05, 3.63) is 76.2 Å². The Balaban J connectivity index is 1.80. The molecule has 0 spiro atoms. The largest absolute Gasteiger partial charge is 0.618 e. The molecule has 0 aliphatic carbocycles. The maximum absolute atomic E-state index is 11.8. The van der Waals surface area contributed by atoms with Crippen LogP contribution in [-0.2, 0) is 11.4 Å². The van der Waals surface area contributed by atoms with Gasteiger partial charge in [-0.2, -0.15) is 9.79 Å². The Bertz CT molecular complexity index is 754. The molecule has 138 valence electrons. The van der Waals surface area contributed by atoms with Crippen LogP contribution in [0.1, 0.15) is 5.69 Å². The summed E-state index contributed by atoms with van der Waals surface area (Å²) in [4.78, 5) is 7.89. The lowest BCUT2D eigenvalue weighted by atomic mass is 10.2. The van der Waals surface area contributed by atoms with E-state index in [1.54, 1.807) is 47.5 Å². The van der Waals surface area contributed by atoms with Crippen molar-refractivity contribution >= 4 is 28.9 Å². The summed E-state index contributed by atoms with van der Waals surface area (Å²) < 4.78 is 0.797. The van der Waals surface area contributed by atoms with Crippen LogP contribution in [0, 0.1) is 5.21 Å². The maximum atomic E-state index is 11.8. The number of aromatic nitrogens is 1. The molecular weight excluding hydrogens is 375 g/mol. The van der Waals surface area contributed by atoms with E-state index in [0.29, 0.717) is 34.5 Å². The molecule has 2 heterocycles. The highest BCUT2D eigenvalue weighted by Gasteiger charge is 2.32. The summed E-state index contributed by atoms with van der Waals surface area (Å²) in [7, 11) is 0. The van der Waals surface area contributed by atoms with Gasteiger partial charge in [0.25, 0.3) is 0 Å². The summed E-state index contributed by atoms with van der Waals surface area (Å²) in [5.41, 5.74) is 1.24. The van der Waals surface area contributed by atoms with Crippen LogP contribution in [0.15, 0.2) is 55.3 Å². The Hall–Kier alpha value is -1.83. The van der Waals surface area contributed by atoms with Gasteiger partial charge < -0.3 is 10.1 Å². The highest BCUT2D eigenvalue weighted by atomic mass is 35.5. The summed E-state index contributed by atoms with van der Waals surface area (Å²) in [5, 5.41) is 18.1. The van der Waals surface area contributed by atoms with Crippen molar-refractivity contribution in [1.29, 1.82) is 0 Å². The molecule has 0 saturated carbocycles. The van der Waals surface area contributed by atoms with Crippen LogP contribution < -0.4 is 14.9 Å². The van der Waals surface area contributed by atoms with Gasteiger partial charge in [-0.05, 0) is 18.2 Å². The van der Waals surface area contributed by atoms with E-state index >= 15 is 0 Å². The fourth-order valence-corrected chi connectivity index (χ4v) is 3.48. The van der Waals surface area contributed by atoms with E-state index in [9.17, 15) is 5.21 Å². The molecule has 1 fully saturated rings. The predicted octanol–water partition coefficient (Wildman–Crippen LogP) is 2.94. The molecule has 1 saturated heterocycles. The molecule has 1 aliphatic heterocycles. The van der Waals surface area contributed by atoms with Gasteiger partial charge in [-0.25, -0.2) is 0 Å². The number of para-hydroxylation sites is 1. The normalized spacial score (nSPS) is 17.4. The van der Waals surface area contributed by atoms with Crippen LogP contribution in [0.2, 0.25) is 10.0 Å². The fourth-order valence-electron chi connectivity index (χ4n) is 2.87. The molecule has 1 unspecified atom stereocenters. The van der Waals surface area contributed by atoms with Crippen molar-refractivity contribution < 1.29 is 9.57 Å². The SMILES string of the molecule is C=CCN(c1c(Cl)cccc1Cl)C1NCCN1OCc1cccc[n+]1[O-]. The molecule has 1 N–H and O–H groups in total. The molecule has 0 bridgehead atoms. The average Bonchev–Trinajstić information content (AvgIpc) is 3.08. The van der Waals surface area contributed by atoms with Gasteiger partial charge in [0.05, 0.1) is 15.7 Å². The summed E-state index contributed by atoms with van der Waals surface area (Å²) >= 11 is 12.8. The van der Waals surface area contributed by atoms with Crippen molar-refractivity contribution in [3.63, 3.8) is 0 Å². The van der Waals surface area contributed by atoms with E-state index in [2.05, 4.69) is 11.9 Å². The quantitative estimate of drug-likeness (QED) is 0.444. The average molecular weight is 395 g/mol. The number of nitrogens with one attached hydrogen (secondary N) is 1. The lowest BCUT2D eigenvalue weighted by Crippen LogP contribution is -2.51. The van der Waals surface area contributed by atoms with E-state index in [1.807, 2.05) is 4.90 Å². The van der Waals surface area contributed by atoms with Gasteiger partial charge in [0.1, 0.15) is 0 Å². The van der Waals surface area contributed by atoms with Crippen LogP contribution in [0.4, 0.5) is 5.69 Å². The van der Waals surface area contributed by atoms with E-state index < -0.39 is 0 Å². The highest BCUT2D eigenvalue weighted by Crippen LogP contribution is 2.35. The number of nitrogens with zero attached hydrogens (tertiary/aromatic N) is 3. The van der Waals surface area contributed by atoms with E-state index in [0.717, 1.165) is 11.3 Å². The Morgan fingerprint density at radius 1 is 1.31 bits per heavy atom. The van der Waals surface area contributed by atoms with Gasteiger partial charge in [-0.3, -0.25) is 10.2 Å². The summed E-state index contributed by atoms with van der Waals surface area (Å²) in [6.07, 6.45) is 2.95. The molecule has 1 aromatic carbocycles. The van der Waals surface area contributed by atoms with Crippen molar-refractivity contribution in [2.24, 2.45) is 0 Å². The first-order chi connectivity index (χ1) is 12.6. The molecular formula is C18H20Cl2N4O2. The predicted molar refractivity (Wildman–Crippen MR) is 103 cm³/mol. The van der Waals surface area contributed by atoms with Crippen LogP contribution in [-0.4, -0.2) is 31.0 Å². The first kappa shape index (κ1) is 18.9. The molecule has 1 aliphatic rings. The van der Waals surface area contributed by atoms with Crippen LogP contribution in [0.3, 0.4) is 0 Å². The van der Waals surface area contributed by atoms with Gasteiger partial charge in [0, 0.05) is 31.8 Å². The van der Waals surface area contributed by atoms with Crippen LogP contribution in [0.5, 0.6) is 0 Å². The van der Waals surface area contributed by atoms with E-state index in [1.165, 1.54) is 6.20 Å². The maximum Gasteiger partial charge on any atom is 0.220 e. The van der Waals surface area contributed by atoms with Gasteiger partial charge in [0.2, 0.25) is 5.69 Å². The van der Waals surface area contributed by atoms with Crippen molar-refractivity contribution in [2.75, 3.05) is 24.5 Å². The third kappa shape index (κ3) is 4.11. The fraction of sp³-hybridized carbons (Fsp3) is 0.278. The number of hydrogen-bond acceptors (Lipinski definition) is 5. The van der Waals surface area contributed by atoms with Gasteiger partial charge in [-0.1, -0.05) is 35.3 Å². The van der Waals surface area contributed by atoms with Gasteiger partial charge >= 0.3 is 0 Å². The second kappa shape index (κ2) is 8.70. The second-order valence-corrected chi connectivity index (χ2v) is 6.59. The molecule has 0 amide bonds. The zero-order valence-electron chi connectivity index (χ0n) is 14.1. The summed E-state index contributed by atoms with van der Waals surface area (Å²) in [6.45, 7) is 5.90. The number of pyridine rings is 1. The minimum atomic E-state index is -0.283. The Labute approximate surface area is 162 Å². The Morgan fingerprint density at radius 3 is 2.77 bits per heavy atom. The zero-order valence-corrected chi connectivity index (χ0v) is 15.7. The number of hydroxylamine groups is 2. The standard InChI is InChI=1S/C18H20Cl2N4O2/c1-2-10-22(17-15(19)7-5-8-16(17)20)18-21-9-12-24(18)26-13-14-6-3-4-11-23(14)25/h2-8,11,18,21H,1,9-10,12-13H2. The molecule has 0 radical (unpaired) electrons. The monoisotopic (exact) mass is 394 g/mol. The number of halogens is 2. The van der Waals surface area contributed by atoms with E-state index in [-0.39, 0.29) is 12.9 Å². The molecule has 1 atom stereocenters. The van der Waals surface area contributed by atoms with Gasteiger partial charge in [-0.15, -0.1) is 6.58 Å². The first-order valence-electron chi connectivity index (χ1n) is 8.23. The van der Waals surface area contributed by atoms with Crippen LogP contribution >= 0.6 is 23.2 Å². The summed E-state index contributed by atoms with van der Waals surface area (Å²) in [6, 6.07) is 10.6. The minimum Gasteiger partial charge on any atom is -0.618 e. The number of anilines is 1. The third-order valence-electron chi connectivity index (χ3n) is 4.06. The number of benzene rings is 1. The molecule has 1 aromatic heterocycles. The smallest absolute Gasteiger partial charge is 0.220 e. The van der Waals surface area contributed by atoms with Crippen molar-refractivity contribution in [2.45, 2.75) is 12.9 Å². The zero-order chi connectivity index (χ0) is 18.5. The first-order valence-corrected chi connectivity index (χ1v) is 8.99. The molecule has 8 heteroatoms. The topological polar surface area (TPSA) is 54.7 Å². The minimum absolute atomic E-state index is 0.167. The molecule has 2 aromatic rings. The Kier molecular flexibility index (Phi) is 6.34. The second-order valence-electron chi connectivity index (χ2n) is 5.77. The highest BCUT2D eigenvalue weighted by molar-refractivity contribution is 6.39. The molecule has 26 heavy (non-hydrogen) atoms. The van der Waals surface area contributed by atoms with E-state index in [4.69, 9.17) is 28.0 Å². The van der Waals surface area contributed by atoms with Crippen molar-refractivity contribution in [1.82, 2.24) is 10.4 Å². The lowest BCUT2D eigenvalue weighted by molar-refractivity contribution is -0.617. The summed E-state index contributed by atoms with van der Waals surface area (Å²) in [5.74, 6) is 0. The molecule has 3 rings (SSSR count). The number of hydrogen-bond donors (Lipinski definition) is 1. The third-order valence-corrected chi connectivity index (χ3v) is 4.67. The Morgan fingerprint density at radius 2 is 2.08 bits per heavy atom.